The maximum atomic E-state index is 10.3. The van der Waals surface area contributed by atoms with Gasteiger partial charge in [-0.1, -0.05) is 24.3 Å². The zero-order chi connectivity index (χ0) is 11.7. The SMILES string of the molecule is OC(c1ccncn1)C1NCc2ccccc21. The van der Waals surface area contributed by atoms with Gasteiger partial charge in [0.15, 0.2) is 0 Å². The Morgan fingerprint density at radius 1 is 1.29 bits per heavy atom. The molecule has 2 heterocycles. The first-order valence-corrected chi connectivity index (χ1v) is 5.61. The fourth-order valence-electron chi connectivity index (χ4n) is 2.26. The Hall–Kier alpha value is -1.78. The second-order valence-corrected chi connectivity index (χ2v) is 4.14. The van der Waals surface area contributed by atoms with Gasteiger partial charge in [0.05, 0.1) is 11.7 Å². The number of hydrogen-bond donors (Lipinski definition) is 2. The van der Waals surface area contributed by atoms with Crippen LogP contribution in [0.4, 0.5) is 0 Å². The highest BCUT2D eigenvalue weighted by Crippen LogP contribution is 2.33. The number of rotatable bonds is 2. The minimum Gasteiger partial charge on any atom is -0.385 e. The lowest BCUT2D eigenvalue weighted by molar-refractivity contribution is 0.129. The molecule has 3 rings (SSSR count). The predicted octanol–water partition coefficient (Wildman–Crippen LogP) is 1.35. The van der Waals surface area contributed by atoms with E-state index in [4.69, 9.17) is 0 Å². The molecule has 2 unspecified atom stereocenters. The lowest BCUT2D eigenvalue weighted by atomic mass is 9.99. The van der Waals surface area contributed by atoms with E-state index in [9.17, 15) is 5.11 Å². The maximum absolute atomic E-state index is 10.3. The van der Waals surface area contributed by atoms with Crippen molar-refractivity contribution < 1.29 is 5.11 Å². The summed E-state index contributed by atoms with van der Waals surface area (Å²) in [6.07, 6.45) is 2.47. The molecule has 0 saturated carbocycles. The molecule has 86 valence electrons. The molecule has 4 nitrogen and oxygen atoms in total. The van der Waals surface area contributed by atoms with Crippen molar-refractivity contribution in [2.75, 3.05) is 0 Å². The van der Waals surface area contributed by atoms with Crippen LogP contribution in [-0.2, 0) is 6.54 Å². The highest BCUT2D eigenvalue weighted by atomic mass is 16.3. The van der Waals surface area contributed by atoms with Crippen LogP contribution in [0.3, 0.4) is 0 Å². The number of nitrogens with one attached hydrogen (secondary N) is 1. The molecule has 1 aromatic heterocycles. The number of aliphatic hydroxyl groups is 1. The summed E-state index contributed by atoms with van der Waals surface area (Å²) in [5, 5.41) is 13.6. The quantitative estimate of drug-likeness (QED) is 0.813. The minimum atomic E-state index is -0.637. The smallest absolute Gasteiger partial charge is 0.115 e. The van der Waals surface area contributed by atoms with Gasteiger partial charge < -0.3 is 10.4 Å². The third kappa shape index (κ3) is 1.81. The van der Waals surface area contributed by atoms with Gasteiger partial charge in [0.1, 0.15) is 12.4 Å². The van der Waals surface area contributed by atoms with Gasteiger partial charge in [0, 0.05) is 12.7 Å². The highest BCUT2D eigenvalue weighted by molar-refractivity contribution is 5.35. The van der Waals surface area contributed by atoms with Gasteiger partial charge >= 0.3 is 0 Å². The average molecular weight is 227 g/mol. The van der Waals surface area contributed by atoms with Crippen molar-refractivity contribution in [2.45, 2.75) is 18.7 Å². The zero-order valence-electron chi connectivity index (χ0n) is 9.24. The summed E-state index contributed by atoms with van der Waals surface area (Å²) >= 11 is 0. The number of aromatic nitrogens is 2. The van der Waals surface area contributed by atoms with Crippen LogP contribution in [0, 0.1) is 0 Å². The molecule has 0 aliphatic carbocycles. The fourth-order valence-corrected chi connectivity index (χ4v) is 2.26. The molecule has 1 aromatic carbocycles. The van der Waals surface area contributed by atoms with Crippen molar-refractivity contribution in [1.82, 2.24) is 15.3 Å². The van der Waals surface area contributed by atoms with Crippen molar-refractivity contribution in [3.8, 4) is 0 Å². The Bertz CT molecular complexity index is 515. The molecule has 0 radical (unpaired) electrons. The highest BCUT2D eigenvalue weighted by Gasteiger charge is 2.29. The first-order valence-electron chi connectivity index (χ1n) is 5.61. The van der Waals surface area contributed by atoms with Crippen LogP contribution in [-0.4, -0.2) is 15.1 Å². The Balaban J connectivity index is 1.92. The van der Waals surface area contributed by atoms with E-state index < -0.39 is 6.10 Å². The number of benzene rings is 1. The first-order chi connectivity index (χ1) is 8.36. The van der Waals surface area contributed by atoms with Crippen molar-refractivity contribution in [1.29, 1.82) is 0 Å². The van der Waals surface area contributed by atoms with Crippen molar-refractivity contribution in [3.05, 3.63) is 59.7 Å². The zero-order valence-corrected chi connectivity index (χ0v) is 9.24. The second-order valence-electron chi connectivity index (χ2n) is 4.14. The second kappa shape index (κ2) is 4.24. The lowest BCUT2D eigenvalue weighted by Crippen LogP contribution is -2.21. The molecule has 17 heavy (non-hydrogen) atoms. The topological polar surface area (TPSA) is 58.0 Å². The Kier molecular flexibility index (Phi) is 2.59. The minimum absolute atomic E-state index is 0.0823. The molecular weight excluding hydrogens is 214 g/mol. The average Bonchev–Trinajstić information content (AvgIpc) is 2.83. The van der Waals surface area contributed by atoms with Gasteiger partial charge in [0.2, 0.25) is 0 Å². The van der Waals surface area contributed by atoms with Crippen LogP contribution < -0.4 is 5.32 Å². The molecule has 4 heteroatoms. The van der Waals surface area contributed by atoms with Crippen LogP contribution in [0.5, 0.6) is 0 Å². The first kappa shape index (κ1) is 10.4. The van der Waals surface area contributed by atoms with E-state index in [1.807, 2.05) is 18.2 Å². The molecule has 2 atom stereocenters. The van der Waals surface area contributed by atoms with E-state index in [-0.39, 0.29) is 6.04 Å². The van der Waals surface area contributed by atoms with Gasteiger partial charge in [-0.15, -0.1) is 0 Å². The molecule has 0 amide bonds. The van der Waals surface area contributed by atoms with Gasteiger partial charge in [0.25, 0.3) is 0 Å². The van der Waals surface area contributed by atoms with E-state index >= 15 is 0 Å². The number of nitrogens with zero attached hydrogens (tertiary/aromatic N) is 2. The van der Waals surface area contributed by atoms with E-state index in [0.717, 1.165) is 12.1 Å². The standard InChI is InChI=1S/C13H13N3O/c17-13(11-5-6-14-8-16-11)12-10-4-2-1-3-9(10)7-15-12/h1-6,8,12-13,15,17H,7H2. The van der Waals surface area contributed by atoms with Crippen molar-refractivity contribution >= 4 is 0 Å². The Labute approximate surface area is 99.4 Å². The molecule has 2 N–H and O–H groups in total. The normalized spacial score (nSPS) is 19.9. The van der Waals surface area contributed by atoms with Crippen molar-refractivity contribution in [2.24, 2.45) is 0 Å². The molecule has 0 spiro atoms. The van der Waals surface area contributed by atoms with Crippen molar-refractivity contribution in [3.63, 3.8) is 0 Å². The van der Waals surface area contributed by atoms with E-state index in [0.29, 0.717) is 5.69 Å². The van der Waals surface area contributed by atoms with Gasteiger partial charge in [-0.25, -0.2) is 9.97 Å². The molecule has 0 saturated heterocycles. The van der Waals surface area contributed by atoms with Crippen LogP contribution in [0.25, 0.3) is 0 Å². The molecule has 0 bridgehead atoms. The van der Waals surface area contributed by atoms with Gasteiger partial charge in [-0.05, 0) is 17.2 Å². The molecule has 2 aromatic rings. The third-order valence-electron chi connectivity index (χ3n) is 3.13. The van der Waals surface area contributed by atoms with Crippen LogP contribution >= 0.6 is 0 Å². The van der Waals surface area contributed by atoms with E-state index in [2.05, 4.69) is 21.4 Å². The molecular formula is C13H13N3O. The summed E-state index contributed by atoms with van der Waals surface area (Å²) in [5.74, 6) is 0. The van der Waals surface area contributed by atoms with Gasteiger partial charge in [-0.3, -0.25) is 0 Å². The Morgan fingerprint density at radius 2 is 2.18 bits per heavy atom. The molecule has 1 aliphatic rings. The fraction of sp³-hybridized carbons (Fsp3) is 0.231. The predicted molar refractivity (Wildman–Crippen MR) is 63.0 cm³/mol. The Morgan fingerprint density at radius 3 is 3.00 bits per heavy atom. The summed E-state index contributed by atoms with van der Waals surface area (Å²) in [4.78, 5) is 7.95. The maximum Gasteiger partial charge on any atom is 0.115 e. The summed E-state index contributed by atoms with van der Waals surface area (Å²) in [6.45, 7) is 0.795. The number of hydrogen-bond acceptors (Lipinski definition) is 4. The molecule has 0 fully saturated rings. The van der Waals surface area contributed by atoms with E-state index in [1.165, 1.54) is 11.9 Å². The summed E-state index contributed by atoms with van der Waals surface area (Å²) in [6, 6.07) is 9.79. The summed E-state index contributed by atoms with van der Waals surface area (Å²) in [7, 11) is 0. The monoisotopic (exact) mass is 227 g/mol. The lowest BCUT2D eigenvalue weighted by Gasteiger charge is -2.18. The largest absolute Gasteiger partial charge is 0.385 e. The molecule has 1 aliphatic heterocycles. The van der Waals surface area contributed by atoms with Crippen LogP contribution in [0.15, 0.2) is 42.9 Å². The summed E-state index contributed by atoms with van der Waals surface area (Å²) < 4.78 is 0. The summed E-state index contributed by atoms with van der Waals surface area (Å²) in [5.41, 5.74) is 3.04. The van der Waals surface area contributed by atoms with E-state index in [1.54, 1.807) is 12.3 Å². The van der Waals surface area contributed by atoms with Gasteiger partial charge in [-0.2, -0.15) is 0 Å². The van der Waals surface area contributed by atoms with Crippen LogP contribution in [0.2, 0.25) is 0 Å². The number of aliphatic hydroxyl groups excluding tert-OH is 1. The third-order valence-corrected chi connectivity index (χ3v) is 3.13. The number of fused-ring (bicyclic) bond motifs is 1. The van der Waals surface area contributed by atoms with Crippen LogP contribution in [0.1, 0.15) is 29.0 Å².